The Bertz CT molecular complexity index is 184. The topological polar surface area (TPSA) is 44.4 Å². The Hall–Kier alpha value is -0.610. The van der Waals surface area contributed by atoms with Gasteiger partial charge in [0.2, 0.25) is 5.91 Å². The summed E-state index contributed by atoms with van der Waals surface area (Å²) in [6.45, 7) is 3.77. The second-order valence-electron chi connectivity index (χ2n) is 4.07. The fraction of sp³-hybridized carbons (Fsp3) is 0.900. The molecule has 0 aromatic heterocycles. The van der Waals surface area contributed by atoms with Crippen LogP contribution in [0.4, 0.5) is 0 Å². The summed E-state index contributed by atoms with van der Waals surface area (Å²) in [6, 6.07) is 0. The van der Waals surface area contributed by atoms with Crippen molar-refractivity contribution >= 4 is 5.91 Å². The molecule has 0 spiro atoms. The maximum absolute atomic E-state index is 10.9. The molecule has 0 aromatic carbocycles. The zero-order valence-electron chi connectivity index (χ0n) is 9.18. The van der Waals surface area contributed by atoms with Gasteiger partial charge in [0, 0.05) is 13.6 Å². The molecule has 0 bridgehead atoms. The molecule has 1 aliphatic rings. The number of carbonyl (C=O) groups is 1. The van der Waals surface area contributed by atoms with Crippen LogP contribution in [-0.4, -0.2) is 51.1 Å². The second-order valence-corrected chi connectivity index (χ2v) is 4.07. The number of hydrogen-bond donors (Lipinski definition) is 2. The minimum Gasteiger partial charge on any atom is -0.358 e. The van der Waals surface area contributed by atoms with Gasteiger partial charge in [-0.25, -0.2) is 0 Å². The summed E-state index contributed by atoms with van der Waals surface area (Å²) >= 11 is 0. The molecule has 1 fully saturated rings. The molecule has 4 heteroatoms. The number of nitrogens with zero attached hydrogens (tertiary/aromatic N) is 1. The Morgan fingerprint density at radius 3 is 3.00 bits per heavy atom. The normalized spacial score (nSPS) is 23.4. The van der Waals surface area contributed by atoms with E-state index in [1.807, 2.05) is 0 Å². The minimum atomic E-state index is 0.0640. The summed E-state index contributed by atoms with van der Waals surface area (Å²) in [5.74, 6) is 0.771. The van der Waals surface area contributed by atoms with E-state index in [-0.39, 0.29) is 5.91 Å². The van der Waals surface area contributed by atoms with E-state index in [4.69, 9.17) is 0 Å². The van der Waals surface area contributed by atoms with Crippen molar-refractivity contribution in [2.75, 3.05) is 40.3 Å². The predicted molar refractivity (Wildman–Crippen MR) is 57.2 cm³/mol. The summed E-state index contributed by atoms with van der Waals surface area (Å²) in [7, 11) is 3.82. The molecule has 0 aliphatic carbocycles. The van der Waals surface area contributed by atoms with Crippen LogP contribution in [0.1, 0.15) is 12.8 Å². The van der Waals surface area contributed by atoms with Gasteiger partial charge in [-0.05, 0) is 38.9 Å². The first-order valence-electron chi connectivity index (χ1n) is 5.32. The largest absolute Gasteiger partial charge is 0.358 e. The molecule has 1 aliphatic heterocycles. The highest BCUT2D eigenvalue weighted by atomic mass is 16.1. The Labute approximate surface area is 86.0 Å². The maximum Gasteiger partial charge on any atom is 0.233 e. The van der Waals surface area contributed by atoms with Gasteiger partial charge in [-0.3, -0.25) is 4.79 Å². The van der Waals surface area contributed by atoms with Crippen LogP contribution >= 0.6 is 0 Å². The van der Waals surface area contributed by atoms with Crippen LogP contribution < -0.4 is 10.6 Å². The van der Waals surface area contributed by atoms with Gasteiger partial charge in [-0.1, -0.05) is 0 Å². The Morgan fingerprint density at radius 2 is 2.36 bits per heavy atom. The molecular weight excluding hydrogens is 178 g/mol. The zero-order valence-corrected chi connectivity index (χ0v) is 9.18. The van der Waals surface area contributed by atoms with E-state index in [1.165, 1.54) is 19.4 Å². The van der Waals surface area contributed by atoms with Gasteiger partial charge in [0.25, 0.3) is 0 Å². The average Bonchev–Trinajstić information content (AvgIpc) is 2.17. The van der Waals surface area contributed by atoms with Gasteiger partial charge in [-0.15, -0.1) is 0 Å². The summed E-state index contributed by atoms with van der Waals surface area (Å²) in [6.07, 6.45) is 2.56. The van der Waals surface area contributed by atoms with Gasteiger partial charge in [-0.2, -0.15) is 0 Å². The van der Waals surface area contributed by atoms with Crippen molar-refractivity contribution in [2.45, 2.75) is 12.8 Å². The van der Waals surface area contributed by atoms with Gasteiger partial charge < -0.3 is 15.5 Å². The van der Waals surface area contributed by atoms with E-state index in [1.54, 1.807) is 7.05 Å². The van der Waals surface area contributed by atoms with Gasteiger partial charge in [0.1, 0.15) is 0 Å². The maximum atomic E-state index is 10.9. The molecule has 0 aromatic rings. The molecule has 1 unspecified atom stereocenters. The number of rotatable bonds is 4. The van der Waals surface area contributed by atoms with Crippen LogP contribution in [0.2, 0.25) is 0 Å². The molecule has 2 N–H and O–H groups in total. The van der Waals surface area contributed by atoms with Crippen molar-refractivity contribution in [3.8, 4) is 0 Å². The van der Waals surface area contributed by atoms with Crippen molar-refractivity contribution in [1.82, 2.24) is 15.5 Å². The number of likely N-dealkylation sites (tertiary alicyclic amines) is 1. The first kappa shape index (κ1) is 11.5. The molecule has 1 atom stereocenters. The summed E-state index contributed by atoms with van der Waals surface area (Å²) in [4.78, 5) is 13.3. The SMILES string of the molecule is CNC(=O)CNCC1CCCN(C)C1. The zero-order chi connectivity index (χ0) is 10.4. The van der Waals surface area contributed by atoms with Gasteiger partial charge in [0.15, 0.2) is 0 Å². The van der Waals surface area contributed by atoms with E-state index in [2.05, 4.69) is 22.6 Å². The number of likely N-dealkylation sites (N-methyl/N-ethyl adjacent to an activating group) is 1. The highest BCUT2D eigenvalue weighted by Crippen LogP contribution is 2.13. The summed E-state index contributed by atoms with van der Waals surface area (Å²) in [5.41, 5.74) is 0. The van der Waals surface area contributed by atoms with Crippen molar-refractivity contribution in [3.05, 3.63) is 0 Å². The number of amides is 1. The molecular formula is C10H21N3O. The third kappa shape index (κ3) is 4.07. The standard InChI is InChI=1S/C10H21N3O/c1-11-10(14)7-12-6-9-4-3-5-13(2)8-9/h9,12H,3-8H2,1-2H3,(H,11,14). The molecule has 1 saturated heterocycles. The Morgan fingerprint density at radius 1 is 1.57 bits per heavy atom. The van der Waals surface area contributed by atoms with Crippen molar-refractivity contribution in [1.29, 1.82) is 0 Å². The Kier molecular flexibility index (Phi) is 4.90. The fourth-order valence-electron chi connectivity index (χ4n) is 1.92. The molecule has 0 radical (unpaired) electrons. The third-order valence-electron chi connectivity index (χ3n) is 2.72. The van der Waals surface area contributed by atoms with E-state index in [0.29, 0.717) is 12.5 Å². The van der Waals surface area contributed by atoms with Gasteiger partial charge in [0.05, 0.1) is 6.54 Å². The number of nitrogens with one attached hydrogen (secondary N) is 2. The summed E-state index contributed by atoms with van der Waals surface area (Å²) < 4.78 is 0. The molecule has 0 saturated carbocycles. The lowest BCUT2D eigenvalue weighted by atomic mass is 9.98. The molecule has 1 heterocycles. The second kappa shape index (κ2) is 5.98. The molecule has 1 rings (SSSR count). The third-order valence-corrected chi connectivity index (χ3v) is 2.72. The van der Waals surface area contributed by atoms with Crippen LogP contribution in [0.15, 0.2) is 0 Å². The molecule has 4 nitrogen and oxygen atoms in total. The van der Waals surface area contributed by atoms with Crippen molar-refractivity contribution in [2.24, 2.45) is 5.92 Å². The van der Waals surface area contributed by atoms with Crippen molar-refractivity contribution in [3.63, 3.8) is 0 Å². The predicted octanol–water partition coefficient (Wildman–Crippen LogP) is -0.336. The minimum absolute atomic E-state index is 0.0640. The monoisotopic (exact) mass is 199 g/mol. The number of piperidine rings is 1. The van der Waals surface area contributed by atoms with Crippen molar-refractivity contribution < 1.29 is 4.79 Å². The lowest BCUT2D eigenvalue weighted by Crippen LogP contribution is -2.40. The molecule has 82 valence electrons. The first-order valence-corrected chi connectivity index (χ1v) is 5.32. The fourth-order valence-corrected chi connectivity index (χ4v) is 1.92. The van der Waals surface area contributed by atoms with Crippen LogP contribution in [0.3, 0.4) is 0 Å². The smallest absolute Gasteiger partial charge is 0.233 e. The van der Waals surface area contributed by atoms with Crippen LogP contribution in [0.25, 0.3) is 0 Å². The Balaban J connectivity index is 2.08. The molecule has 1 amide bonds. The highest BCUT2D eigenvalue weighted by molar-refractivity contribution is 5.77. The molecule has 14 heavy (non-hydrogen) atoms. The number of hydrogen-bond acceptors (Lipinski definition) is 3. The lowest BCUT2D eigenvalue weighted by molar-refractivity contribution is -0.119. The van der Waals surface area contributed by atoms with Crippen LogP contribution in [0, 0.1) is 5.92 Å². The van der Waals surface area contributed by atoms with E-state index in [0.717, 1.165) is 13.1 Å². The van der Waals surface area contributed by atoms with E-state index >= 15 is 0 Å². The van der Waals surface area contributed by atoms with Crippen LogP contribution in [-0.2, 0) is 4.79 Å². The van der Waals surface area contributed by atoms with Crippen LogP contribution in [0.5, 0.6) is 0 Å². The van der Waals surface area contributed by atoms with Gasteiger partial charge >= 0.3 is 0 Å². The highest BCUT2D eigenvalue weighted by Gasteiger charge is 2.16. The quantitative estimate of drug-likeness (QED) is 0.651. The number of carbonyl (C=O) groups excluding carboxylic acids is 1. The lowest BCUT2D eigenvalue weighted by Gasteiger charge is -2.29. The average molecular weight is 199 g/mol. The van der Waals surface area contributed by atoms with E-state index in [9.17, 15) is 4.79 Å². The van der Waals surface area contributed by atoms with E-state index < -0.39 is 0 Å². The first-order chi connectivity index (χ1) is 6.72. The summed E-state index contributed by atoms with van der Waals surface area (Å²) in [5, 5.41) is 5.79.